The van der Waals surface area contributed by atoms with Crippen molar-refractivity contribution in [2.45, 2.75) is 0 Å². The second kappa shape index (κ2) is 14.8. The molecule has 0 fully saturated rings. The Hall–Kier alpha value is -8.20. The van der Waals surface area contributed by atoms with Gasteiger partial charge in [-0.25, -0.2) is 9.97 Å². The fourth-order valence-electron chi connectivity index (χ4n) is 9.23. The van der Waals surface area contributed by atoms with Gasteiger partial charge >= 0.3 is 0 Å². The summed E-state index contributed by atoms with van der Waals surface area (Å²) in [4.78, 5) is 10.3. The van der Waals surface area contributed by atoms with Gasteiger partial charge in [-0.1, -0.05) is 194 Å². The molecule has 0 saturated carbocycles. The summed E-state index contributed by atoms with van der Waals surface area (Å²) in [6.07, 6.45) is 0. The van der Waals surface area contributed by atoms with Crippen LogP contribution in [0.25, 0.3) is 121 Å². The highest BCUT2D eigenvalue weighted by Crippen LogP contribution is 2.41. The second-order valence-electron chi connectivity index (χ2n) is 16.2. The molecule has 0 unspecified atom stereocenters. The van der Waals surface area contributed by atoms with E-state index in [2.05, 4.69) is 212 Å². The summed E-state index contributed by atoms with van der Waals surface area (Å²) in [5.41, 5.74) is 12.0. The van der Waals surface area contributed by atoms with Crippen molar-refractivity contribution in [3.05, 3.63) is 231 Å². The van der Waals surface area contributed by atoms with E-state index < -0.39 is 0 Å². The molecule has 11 aromatic carbocycles. The maximum Gasteiger partial charge on any atom is 0.160 e. The van der Waals surface area contributed by atoms with E-state index in [9.17, 15) is 0 Å². The molecule has 62 heavy (non-hydrogen) atoms. The van der Waals surface area contributed by atoms with Crippen molar-refractivity contribution < 1.29 is 0 Å². The first-order chi connectivity index (χ1) is 30.7. The molecule has 0 aliphatic carbocycles. The zero-order valence-corrected chi connectivity index (χ0v) is 33.8. The first-order valence-electron chi connectivity index (χ1n) is 21.2. The second-order valence-corrected chi connectivity index (χ2v) is 16.2. The highest BCUT2D eigenvalue weighted by molar-refractivity contribution is 6.20. The average Bonchev–Trinajstić information content (AvgIpc) is 3.35. The molecule has 0 radical (unpaired) electrons. The number of aromatic nitrogens is 2. The molecular weight excluding hydrogens is 749 g/mol. The van der Waals surface area contributed by atoms with Gasteiger partial charge < -0.3 is 0 Å². The lowest BCUT2D eigenvalue weighted by molar-refractivity contribution is 1.18. The van der Waals surface area contributed by atoms with Gasteiger partial charge in [0, 0.05) is 16.7 Å². The van der Waals surface area contributed by atoms with Crippen LogP contribution in [0.2, 0.25) is 0 Å². The van der Waals surface area contributed by atoms with Crippen LogP contribution in [0, 0.1) is 0 Å². The van der Waals surface area contributed by atoms with Crippen molar-refractivity contribution in [3.8, 4) is 67.3 Å². The summed E-state index contributed by atoms with van der Waals surface area (Å²) in [7, 11) is 0. The van der Waals surface area contributed by atoms with E-state index >= 15 is 0 Å². The Bertz CT molecular complexity index is 3680. The van der Waals surface area contributed by atoms with Crippen LogP contribution in [0.4, 0.5) is 0 Å². The Morgan fingerprint density at radius 1 is 0.210 bits per heavy atom. The van der Waals surface area contributed by atoms with E-state index in [1.165, 1.54) is 76.1 Å². The van der Waals surface area contributed by atoms with Crippen molar-refractivity contribution in [3.63, 3.8) is 0 Å². The molecule has 1 heterocycles. The largest absolute Gasteiger partial charge is 0.228 e. The predicted molar refractivity (Wildman–Crippen MR) is 262 cm³/mol. The van der Waals surface area contributed by atoms with Gasteiger partial charge in [0.2, 0.25) is 0 Å². The molecular formula is C60H38N2. The van der Waals surface area contributed by atoms with E-state index in [1.807, 2.05) is 18.2 Å². The molecule has 1 aromatic heterocycles. The van der Waals surface area contributed by atoms with Gasteiger partial charge in [-0.05, 0) is 124 Å². The molecule has 0 amide bonds. The molecule has 12 rings (SSSR count). The topological polar surface area (TPSA) is 25.8 Å². The molecule has 0 aliphatic heterocycles. The SMILES string of the molecule is c1ccc(-c2nc(-c3ccc(-c4ccc5cc(-c6c7ccccc7cc7c6ccc6ccccc67)ccc5c4)cc3)cc(-c3cccc(-c4ccc5ccccc5c4)c3)n2)cc1. The average molecular weight is 787 g/mol. The maximum atomic E-state index is 5.13. The predicted octanol–water partition coefficient (Wildman–Crippen LogP) is 16.2. The van der Waals surface area contributed by atoms with Crippen LogP contribution in [0.1, 0.15) is 0 Å². The summed E-state index contributed by atoms with van der Waals surface area (Å²) in [6.45, 7) is 0. The van der Waals surface area contributed by atoms with Crippen LogP contribution in [-0.2, 0) is 0 Å². The molecule has 0 atom stereocenters. The van der Waals surface area contributed by atoms with Crippen LogP contribution in [0.5, 0.6) is 0 Å². The lowest BCUT2D eigenvalue weighted by Gasteiger charge is -2.15. The summed E-state index contributed by atoms with van der Waals surface area (Å²) in [5.74, 6) is 0.706. The van der Waals surface area contributed by atoms with E-state index in [1.54, 1.807) is 0 Å². The van der Waals surface area contributed by atoms with Gasteiger partial charge in [-0.3, -0.25) is 0 Å². The number of fused-ring (bicyclic) bond motifs is 6. The van der Waals surface area contributed by atoms with Crippen LogP contribution in [0.15, 0.2) is 231 Å². The van der Waals surface area contributed by atoms with Gasteiger partial charge in [0.1, 0.15) is 0 Å². The standard InChI is InChI=1S/C60H38N2/c1-2-13-43(14-3-1)60-61-57(38-58(62-60)51-18-10-17-45(35-51)47-26-23-39-11-4-5-15-44(39)33-47)42-24-21-40(22-25-42)46-27-28-49-36-52(30-29-48(49)34-46)59-54-20-9-7-16-50(54)37-56-53-19-8-6-12-41(53)31-32-55(56)59/h1-38H. The minimum Gasteiger partial charge on any atom is -0.228 e. The highest BCUT2D eigenvalue weighted by atomic mass is 14.9. The fraction of sp³-hybridized carbons (Fsp3) is 0. The molecule has 0 N–H and O–H groups in total. The molecule has 2 heteroatoms. The van der Waals surface area contributed by atoms with E-state index in [0.29, 0.717) is 5.82 Å². The van der Waals surface area contributed by atoms with Gasteiger partial charge in [-0.2, -0.15) is 0 Å². The third-order valence-corrected chi connectivity index (χ3v) is 12.4. The monoisotopic (exact) mass is 786 g/mol. The van der Waals surface area contributed by atoms with Crippen molar-refractivity contribution >= 4 is 53.9 Å². The van der Waals surface area contributed by atoms with Crippen LogP contribution < -0.4 is 0 Å². The first-order valence-corrected chi connectivity index (χ1v) is 21.2. The summed E-state index contributed by atoms with van der Waals surface area (Å²) >= 11 is 0. The van der Waals surface area contributed by atoms with Crippen molar-refractivity contribution in [2.24, 2.45) is 0 Å². The van der Waals surface area contributed by atoms with Crippen molar-refractivity contribution in [1.82, 2.24) is 9.97 Å². The fourth-order valence-corrected chi connectivity index (χ4v) is 9.23. The van der Waals surface area contributed by atoms with Crippen LogP contribution in [0.3, 0.4) is 0 Å². The number of nitrogens with zero attached hydrogens (tertiary/aromatic N) is 2. The Kier molecular flexibility index (Phi) is 8.53. The molecule has 0 bridgehead atoms. The van der Waals surface area contributed by atoms with Crippen molar-refractivity contribution in [1.29, 1.82) is 0 Å². The summed E-state index contributed by atoms with van der Waals surface area (Å²) in [5, 5.41) is 12.5. The molecule has 288 valence electrons. The van der Waals surface area contributed by atoms with E-state index in [4.69, 9.17) is 9.97 Å². The zero-order chi connectivity index (χ0) is 41.0. The molecule has 0 spiro atoms. The lowest BCUT2D eigenvalue weighted by Crippen LogP contribution is -1.96. The first kappa shape index (κ1) is 35.7. The number of hydrogen-bond acceptors (Lipinski definition) is 2. The van der Waals surface area contributed by atoms with Gasteiger partial charge in [0.05, 0.1) is 11.4 Å². The Balaban J connectivity index is 0.893. The minimum atomic E-state index is 0.706. The third kappa shape index (κ3) is 6.38. The quantitative estimate of drug-likeness (QED) is 0.124. The number of rotatable bonds is 6. The molecule has 0 saturated heterocycles. The molecule has 0 aliphatic rings. The lowest BCUT2D eigenvalue weighted by atomic mass is 9.89. The van der Waals surface area contributed by atoms with Gasteiger partial charge in [-0.15, -0.1) is 0 Å². The molecule has 2 nitrogen and oxygen atoms in total. The van der Waals surface area contributed by atoms with Gasteiger partial charge in [0.25, 0.3) is 0 Å². The molecule has 12 aromatic rings. The van der Waals surface area contributed by atoms with Crippen molar-refractivity contribution in [2.75, 3.05) is 0 Å². The highest BCUT2D eigenvalue weighted by Gasteiger charge is 2.15. The summed E-state index contributed by atoms with van der Waals surface area (Å²) < 4.78 is 0. The zero-order valence-electron chi connectivity index (χ0n) is 33.8. The number of benzene rings is 11. The van der Waals surface area contributed by atoms with Crippen LogP contribution >= 0.6 is 0 Å². The third-order valence-electron chi connectivity index (χ3n) is 12.4. The Morgan fingerprint density at radius 3 is 1.50 bits per heavy atom. The Morgan fingerprint density at radius 2 is 0.710 bits per heavy atom. The number of hydrogen-bond donors (Lipinski definition) is 0. The van der Waals surface area contributed by atoms with E-state index in [0.717, 1.165) is 39.2 Å². The normalized spacial score (nSPS) is 11.5. The summed E-state index contributed by atoms with van der Waals surface area (Å²) in [6, 6.07) is 83.1. The van der Waals surface area contributed by atoms with E-state index in [-0.39, 0.29) is 0 Å². The van der Waals surface area contributed by atoms with Crippen LogP contribution in [-0.4, -0.2) is 9.97 Å². The smallest absolute Gasteiger partial charge is 0.160 e. The van der Waals surface area contributed by atoms with Gasteiger partial charge in [0.15, 0.2) is 5.82 Å². The Labute approximate surface area is 360 Å². The maximum absolute atomic E-state index is 5.13. The minimum absolute atomic E-state index is 0.706.